The summed E-state index contributed by atoms with van der Waals surface area (Å²) in [5.74, 6) is -2.74. The molecule has 1 aromatic carbocycles. The zero-order valence-electron chi connectivity index (χ0n) is 15.2. The van der Waals surface area contributed by atoms with Crippen molar-refractivity contribution in [2.75, 3.05) is 17.1 Å². The molecule has 1 aliphatic rings. The highest BCUT2D eigenvalue weighted by Gasteiger charge is 2.49. The molecule has 0 fully saturated rings. The van der Waals surface area contributed by atoms with E-state index in [-0.39, 0.29) is 17.1 Å². The van der Waals surface area contributed by atoms with Gasteiger partial charge in [0.2, 0.25) is 5.62 Å². The van der Waals surface area contributed by atoms with E-state index in [0.29, 0.717) is 5.06 Å². The van der Waals surface area contributed by atoms with Crippen LogP contribution in [0.25, 0.3) is 0 Å². The number of hydrogen-bond donors (Lipinski definition) is 0. The fraction of sp³-hybridized carbons (Fsp3) is 0.312. The van der Waals surface area contributed by atoms with Crippen molar-refractivity contribution in [3.8, 4) is 5.75 Å². The molecular formula is C16H14ClF3N4O5. The molecule has 2 heterocycles. The molecule has 1 unspecified atom stereocenters. The first-order chi connectivity index (χ1) is 13.5. The number of para-hydroxylation sites is 2. The summed E-state index contributed by atoms with van der Waals surface area (Å²) < 4.78 is 45.1. The Hall–Kier alpha value is -3.15. The van der Waals surface area contributed by atoms with Gasteiger partial charge >= 0.3 is 17.8 Å². The molecule has 0 radical (unpaired) electrons. The van der Waals surface area contributed by atoms with E-state index in [9.17, 15) is 27.6 Å². The fourth-order valence-electron chi connectivity index (χ4n) is 2.88. The van der Waals surface area contributed by atoms with Gasteiger partial charge in [0.1, 0.15) is 5.75 Å². The lowest BCUT2D eigenvalue weighted by Gasteiger charge is -2.27. The van der Waals surface area contributed by atoms with E-state index in [0.717, 1.165) is 14.0 Å². The van der Waals surface area contributed by atoms with Crippen molar-refractivity contribution < 1.29 is 27.5 Å². The molecule has 29 heavy (non-hydrogen) atoms. The lowest BCUT2D eigenvalue weighted by molar-refractivity contribution is -0.201. The molecule has 0 amide bonds. The molecule has 0 aliphatic carbocycles. The van der Waals surface area contributed by atoms with E-state index in [1.54, 1.807) is 12.1 Å². The van der Waals surface area contributed by atoms with Crippen LogP contribution in [0.4, 0.5) is 30.4 Å². The zero-order chi connectivity index (χ0) is 21.7. The maximum atomic E-state index is 12.8. The average Bonchev–Trinajstić information content (AvgIpc) is 2.96. The van der Waals surface area contributed by atoms with Crippen LogP contribution in [0.3, 0.4) is 0 Å². The Morgan fingerprint density at radius 1 is 1.14 bits per heavy atom. The number of carbonyl (C=O) groups is 1. The third kappa shape index (κ3) is 3.18. The van der Waals surface area contributed by atoms with Crippen molar-refractivity contribution in [1.29, 1.82) is 0 Å². The van der Waals surface area contributed by atoms with Gasteiger partial charge in [-0.2, -0.15) is 13.2 Å². The van der Waals surface area contributed by atoms with Gasteiger partial charge in [0.25, 0.3) is 5.56 Å². The molecule has 0 N–H and O–H groups in total. The second-order valence-electron chi connectivity index (χ2n) is 5.93. The quantitative estimate of drug-likeness (QED) is 0.535. The lowest BCUT2D eigenvalue weighted by Crippen LogP contribution is -2.42. The van der Waals surface area contributed by atoms with Gasteiger partial charge in [0, 0.05) is 14.1 Å². The number of carbonyl (C=O) groups excluding carboxylic acids is 1. The van der Waals surface area contributed by atoms with Crippen molar-refractivity contribution >= 4 is 34.8 Å². The standard InChI is InChI=1S/C16H14ClF3N4O5/c1-21-11-10(12(25)22(2)15(21)27)23(8-6-4-5-7-9(8)28-3)14(17)24(11)29-13(26)16(18,19)20/h4-7,14H,1-3H3. The van der Waals surface area contributed by atoms with Gasteiger partial charge in [-0.25, -0.2) is 9.59 Å². The second kappa shape index (κ2) is 7.03. The van der Waals surface area contributed by atoms with E-state index in [4.69, 9.17) is 16.3 Å². The minimum absolute atomic E-state index is 0.206. The molecule has 156 valence electrons. The summed E-state index contributed by atoms with van der Waals surface area (Å²) >= 11 is 6.30. The van der Waals surface area contributed by atoms with Crippen LogP contribution in [0.2, 0.25) is 0 Å². The van der Waals surface area contributed by atoms with Crippen LogP contribution in [-0.4, -0.2) is 34.0 Å². The topological polar surface area (TPSA) is 86.0 Å². The summed E-state index contributed by atoms with van der Waals surface area (Å²) in [6, 6.07) is 6.24. The number of methoxy groups -OCH3 is 1. The normalized spacial score (nSPS) is 16.0. The third-order valence-electron chi connectivity index (χ3n) is 4.22. The van der Waals surface area contributed by atoms with Crippen molar-refractivity contribution in [2.45, 2.75) is 11.8 Å². The number of hydroxylamine groups is 1. The van der Waals surface area contributed by atoms with Crippen molar-refractivity contribution in [3.05, 3.63) is 45.1 Å². The van der Waals surface area contributed by atoms with E-state index in [1.807, 2.05) is 0 Å². The van der Waals surface area contributed by atoms with E-state index < -0.39 is 34.8 Å². The molecule has 0 bridgehead atoms. The second-order valence-corrected chi connectivity index (χ2v) is 6.32. The summed E-state index contributed by atoms with van der Waals surface area (Å²) in [6.45, 7) is 0. The van der Waals surface area contributed by atoms with Crippen molar-refractivity contribution in [3.63, 3.8) is 0 Å². The Morgan fingerprint density at radius 2 is 1.76 bits per heavy atom. The van der Waals surface area contributed by atoms with Crippen molar-refractivity contribution in [1.82, 2.24) is 9.13 Å². The van der Waals surface area contributed by atoms with E-state index >= 15 is 0 Å². The Bertz CT molecular complexity index is 1100. The molecule has 0 saturated heterocycles. The highest BCUT2D eigenvalue weighted by molar-refractivity contribution is 6.25. The van der Waals surface area contributed by atoms with Gasteiger partial charge in [-0.3, -0.25) is 18.8 Å². The van der Waals surface area contributed by atoms with Gasteiger partial charge in [0.15, 0.2) is 11.5 Å². The highest BCUT2D eigenvalue weighted by atomic mass is 35.5. The number of ether oxygens (including phenoxy) is 1. The monoisotopic (exact) mass is 434 g/mol. The van der Waals surface area contributed by atoms with Crippen LogP contribution >= 0.6 is 11.6 Å². The van der Waals surface area contributed by atoms with Crippen LogP contribution in [0.15, 0.2) is 33.9 Å². The SMILES string of the molecule is COc1ccccc1N1c2c(n(C)c(=O)n(C)c2=O)N(OC(=O)C(F)(F)F)C1Cl. The first-order valence-corrected chi connectivity index (χ1v) is 8.39. The molecule has 1 aliphatic heterocycles. The minimum atomic E-state index is -5.33. The van der Waals surface area contributed by atoms with Crippen LogP contribution in [0, 0.1) is 0 Å². The van der Waals surface area contributed by atoms with Gasteiger partial charge in [0.05, 0.1) is 12.8 Å². The summed E-state index contributed by atoms with van der Waals surface area (Å²) in [5.41, 5.74) is -3.39. The number of benzene rings is 1. The van der Waals surface area contributed by atoms with Gasteiger partial charge < -0.3 is 9.57 Å². The maximum Gasteiger partial charge on any atom is 0.493 e. The highest BCUT2D eigenvalue weighted by Crippen LogP contribution is 2.45. The Balaban J connectivity index is 2.29. The van der Waals surface area contributed by atoms with Gasteiger partial charge in [-0.05, 0) is 12.1 Å². The predicted octanol–water partition coefficient (Wildman–Crippen LogP) is 1.59. The lowest BCUT2D eigenvalue weighted by atomic mass is 10.2. The fourth-order valence-corrected chi connectivity index (χ4v) is 3.22. The number of rotatable bonds is 3. The number of halogens is 4. The molecule has 13 heteroatoms. The Kier molecular flexibility index (Phi) is 4.99. The van der Waals surface area contributed by atoms with Gasteiger partial charge in [-0.15, -0.1) is 5.06 Å². The van der Waals surface area contributed by atoms with Crippen LogP contribution in [0.1, 0.15) is 0 Å². The molecule has 1 atom stereocenters. The minimum Gasteiger partial charge on any atom is -0.495 e. The first-order valence-electron chi connectivity index (χ1n) is 7.95. The van der Waals surface area contributed by atoms with Crippen molar-refractivity contribution in [2.24, 2.45) is 14.1 Å². The zero-order valence-corrected chi connectivity index (χ0v) is 16.0. The molecular weight excluding hydrogens is 421 g/mol. The predicted molar refractivity (Wildman–Crippen MR) is 96.3 cm³/mol. The smallest absolute Gasteiger partial charge is 0.493 e. The summed E-state index contributed by atoms with van der Waals surface area (Å²) in [5, 5.41) is 0.363. The molecule has 3 rings (SSSR count). The average molecular weight is 435 g/mol. The van der Waals surface area contributed by atoms with Crippen LogP contribution in [-0.2, 0) is 23.7 Å². The van der Waals surface area contributed by atoms with Crippen LogP contribution in [0.5, 0.6) is 5.75 Å². The first kappa shape index (κ1) is 20.6. The number of alkyl halides is 4. The van der Waals surface area contributed by atoms with Gasteiger partial charge in [-0.1, -0.05) is 23.7 Å². The van der Waals surface area contributed by atoms with E-state index in [1.165, 1.54) is 33.3 Å². The van der Waals surface area contributed by atoms with Crippen LogP contribution < -0.4 is 25.9 Å². The summed E-state index contributed by atoms with van der Waals surface area (Å²) in [4.78, 5) is 42.1. The molecule has 9 nitrogen and oxygen atoms in total. The molecule has 1 aromatic heterocycles. The number of nitrogens with zero attached hydrogens (tertiary/aromatic N) is 4. The number of aromatic nitrogens is 2. The molecule has 2 aromatic rings. The molecule has 0 saturated carbocycles. The number of anilines is 3. The largest absolute Gasteiger partial charge is 0.495 e. The summed E-state index contributed by atoms with van der Waals surface area (Å²) in [7, 11) is 3.74. The number of fused-ring (bicyclic) bond motifs is 1. The Labute approximate surface area is 166 Å². The summed E-state index contributed by atoms with van der Waals surface area (Å²) in [6.07, 6.45) is -5.33. The number of hydrogen-bond acceptors (Lipinski definition) is 7. The maximum absolute atomic E-state index is 12.8. The third-order valence-corrected chi connectivity index (χ3v) is 4.60. The molecule has 0 spiro atoms. The Morgan fingerprint density at radius 3 is 2.34 bits per heavy atom. The van der Waals surface area contributed by atoms with E-state index in [2.05, 4.69) is 4.84 Å².